The number of carbonyl (C=O) groups excluding carboxylic acids is 2. The fourth-order valence-corrected chi connectivity index (χ4v) is 3.50. The molecule has 2 rings (SSSR count). The third kappa shape index (κ3) is 6.36. The van der Waals surface area contributed by atoms with Gasteiger partial charge in [0.25, 0.3) is 0 Å². The second-order valence-electron chi connectivity index (χ2n) is 6.96. The van der Waals surface area contributed by atoms with Crippen LogP contribution in [0.25, 0.3) is 0 Å². The highest BCUT2D eigenvalue weighted by Crippen LogP contribution is 2.30. The number of esters is 2. The summed E-state index contributed by atoms with van der Waals surface area (Å²) in [4.78, 5) is 22.6. The van der Waals surface area contributed by atoms with Crippen LogP contribution in [0.2, 0.25) is 0 Å². The maximum atomic E-state index is 11.3. The van der Waals surface area contributed by atoms with E-state index in [2.05, 4.69) is 6.92 Å². The molecule has 144 valence electrons. The van der Waals surface area contributed by atoms with Crippen LogP contribution in [0.3, 0.4) is 0 Å². The lowest BCUT2D eigenvalue weighted by Gasteiger charge is -2.30. The molecule has 3 atom stereocenters. The van der Waals surface area contributed by atoms with Gasteiger partial charge in [-0.2, -0.15) is 0 Å². The fourth-order valence-electron chi connectivity index (χ4n) is 3.50. The molecule has 1 saturated carbocycles. The summed E-state index contributed by atoms with van der Waals surface area (Å²) < 4.78 is 16.9. The lowest BCUT2D eigenvalue weighted by atomic mass is 9.87. The van der Waals surface area contributed by atoms with Gasteiger partial charge in [-0.15, -0.1) is 0 Å². The molecule has 5 nitrogen and oxygen atoms in total. The molecule has 0 aliphatic heterocycles. The zero-order valence-corrected chi connectivity index (χ0v) is 16.0. The van der Waals surface area contributed by atoms with Crippen molar-refractivity contribution in [3.8, 4) is 5.75 Å². The van der Waals surface area contributed by atoms with Crippen molar-refractivity contribution in [1.29, 1.82) is 0 Å². The van der Waals surface area contributed by atoms with Gasteiger partial charge in [0, 0.05) is 19.8 Å². The molecule has 1 fully saturated rings. The summed E-state index contributed by atoms with van der Waals surface area (Å²) in [5, 5.41) is 0. The van der Waals surface area contributed by atoms with Gasteiger partial charge >= 0.3 is 11.9 Å². The average molecular weight is 362 g/mol. The van der Waals surface area contributed by atoms with E-state index in [4.69, 9.17) is 14.2 Å². The van der Waals surface area contributed by atoms with E-state index in [9.17, 15) is 9.59 Å². The van der Waals surface area contributed by atoms with Crippen LogP contribution in [0.1, 0.15) is 71.0 Å². The SMILES string of the molecule is CCC[C@@H](OC(C)=O)c1cccc(OC[C@@H]2CCCC[C@H]2OC(C)=O)c1. The predicted octanol–water partition coefficient (Wildman–Crippen LogP) is 4.59. The molecule has 1 aliphatic rings. The summed E-state index contributed by atoms with van der Waals surface area (Å²) in [7, 11) is 0. The van der Waals surface area contributed by atoms with Crippen molar-refractivity contribution in [3.63, 3.8) is 0 Å². The molecule has 1 aromatic carbocycles. The smallest absolute Gasteiger partial charge is 0.303 e. The first-order valence-electron chi connectivity index (χ1n) is 9.56. The molecule has 1 aliphatic carbocycles. The molecule has 0 spiro atoms. The molecular formula is C21H30O5. The third-order valence-corrected chi connectivity index (χ3v) is 4.71. The van der Waals surface area contributed by atoms with Gasteiger partial charge in [0.05, 0.1) is 6.61 Å². The van der Waals surface area contributed by atoms with Gasteiger partial charge in [-0.25, -0.2) is 0 Å². The molecule has 0 aromatic heterocycles. The molecule has 0 radical (unpaired) electrons. The fraction of sp³-hybridized carbons (Fsp3) is 0.619. The first-order valence-corrected chi connectivity index (χ1v) is 9.56. The van der Waals surface area contributed by atoms with Crippen LogP contribution in [-0.4, -0.2) is 24.6 Å². The Bertz CT molecular complexity index is 598. The molecule has 5 heteroatoms. The standard InChI is InChI=1S/C21H30O5/c1-4-8-20(25-15(2)22)17-10-7-11-19(13-17)24-14-18-9-5-6-12-21(18)26-16(3)23/h7,10-11,13,18,20-21H,4-6,8-9,12,14H2,1-3H3/t18-,20+,21+/m0/s1. The van der Waals surface area contributed by atoms with Gasteiger partial charge < -0.3 is 14.2 Å². The second kappa shape index (κ2) is 10.2. The first-order chi connectivity index (χ1) is 12.5. The number of rotatable bonds is 8. The van der Waals surface area contributed by atoms with E-state index in [1.54, 1.807) is 0 Å². The normalized spacial score (nSPS) is 20.9. The van der Waals surface area contributed by atoms with Gasteiger partial charge in [-0.05, 0) is 43.4 Å². The Labute approximate surface area is 156 Å². The lowest BCUT2D eigenvalue weighted by Crippen LogP contribution is -2.33. The molecule has 26 heavy (non-hydrogen) atoms. The third-order valence-electron chi connectivity index (χ3n) is 4.71. The first kappa shape index (κ1) is 20.3. The number of carbonyl (C=O) groups is 2. The van der Waals surface area contributed by atoms with Crippen molar-refractivity contribution in [2.45, 2.75) is 71.5 Å². The van der Waals surface area contributed by atoms with E-state index in [0.29, 0.717) is 6.61 Å². The van der Waals surface area contributed by atoms with Crippen LogP contribution in [0.15, 0.2) is 24.3 Å². The Morgan fingerprint density at radius 2 is 1.92 bits per heavy atom. The van der Waals surface area contributed by atoms with Crippen LogP contribution in [-0.2, 0) is 19.1 Å². The van der Waals surface area contributed by atoms with E-state index >= 15 is 0 Å². The van der Waals surface area contributed by atoms with Crippen molar-refractivity contribution in [2.24, 2.45) is 5.92 Å². The molecule has 0 bridgehead atoms. The van der Waals surface area contributed by atoms with Gasteiger partial charge in [-0.1, -0.05) is 31.9 Å². The summed E-state index contributed by atoms with van der Waals surface area (Å²) in [6, 6.07) is 7.72. The van der Waals surface area contributed by atoms with E-state index < -0.39 is 0 Å². The number of hydrogen-bond donors (Lipinski definition) is 0. The number of hydrogen-bond acceptors (Lipinski definition) is 5. The maximum absolute atomic E-state index is 11.3. The van der Waals surface area contributed by atoms with Crippen LogP contribution in [0, 0.1) is 5.92 Å². The molecule has 0 heterocycles. The van der Waals surface area contributed by atoms with Gasteiger partial charge in [0.1, 0.15) is 18.0 Å². The highest BCUT2D eigenvalue weighted by atomic mass is 16.5. The van der Waals surface area contributed by atoms with Crippen molar-refractivity contribution in [3.05, 3.63) is 29.8 Å². The largest absolute Gasteiger partial charge is 0.493 e. The highest BCUT2D eigenvalue weighted by molar-refractivity contribution is 5.66. The van der Waals surface area contributed by atoms with Crippen LogP contribution in [0.5, 0.6) is 5.75 Å². The molecule has 1 aromatic rings. The van der Waals surface area contributed by atoms with Crippen molar-refractivity contribution in [2.75, 3.05) is 6.61 Å². The summed E-state index contributed by atoms with van der Waals surface area (Å²) in [5.41, 5.74) is 0.944. The van der Waals surface area contributed by atoms with E-state index in [-0.39, 0.29) is 30.1 Å². The van der Waals surface area contributed by atoms with E-state index in [1.165, 1.54) is 13.8 Å². The highest BCUT2D eigenvalue weighted by Gasteiger charge is 2.28. The van der Waals surface area contributed by atoms with Crippen LogP contribution in [0.4, 0.5) is 0 Å². The summed E-state index contributed by atoms with van der Waals surface area (Å²) in [6.07, 6.45) is 5.53. The minimum absolute atomic E-state index is 0.0571. The summed E-state index contributed by atoms with van der Waals surface area (Å²) in [6.45, 7) is 5.47. The Hall–Kier alpha value is -2.04. The van der Waals surface area contributed by atoms with E-state index in [0.717, 1.165) is 49.8 Å². The Balaban J connectivity index is 2.00. The predicted molar refractivity (Wildman–Crippen MR) is 98.9 cm³/mol. The monoisotopic (exact) mass is 362 g/mol. The Morgan fingerprint density at radius 1 is 1.15 bits per heavy atom. The number of benzene rings is 1. The molecule has 0 N–H and O–H groups in total. The van der Waals surface area contributed by atoms with Crippen molar-refractivity contribution >= 4 is 11.9 Å². The van der Waals surface area contributed by atoms with E-state index in [1.807, 2.05) is 24.3 Å². The Kier molecular flexibility index (Phi) is 7.95. The van der Waals surface area contributed by atoms with Crippen molar-refractivity contribution in [1.82, 2.24) is 0 Å². The van der Waals surface area contributed by atoms with Crippen molar-refractivity contribution < 1.29 is 23.8 Å². The van der Waals surface area contributed by atoms with Crippen LogP contribution >= 0.6 is 0 Å². The summed E-state index contributed by atoms with van der Waals surface area (Å²) in [5.74, 6) is 0.466. The zero-order chi connectivity index (χ0) is 18.9. The topological polar surface area (TPSA) is 61.8 Å². The average Bonchev–Trinajstić information content (AvgIpc) is 2.60. The van der Waals surface area contributed by atoms with Crippen LogP contribution < -0.4 is 4.74 Å². The summed E-state index contributed by atoms with van der Waals surface area (Å²) >= 11 is 0. The van der Waals surface area contributed by atoms with Gasteiger partial charge in [0.2, 0.25) is 0 Å². The zero-order valence-electron chi connectivity index (χ0n) is 16.0. The quantitative estimate of drug-likeness (QED) is 0.633. The molecule has 0 unspecified atom stereocenters. The molecule has 0 amide bonds. The van der Waals surface area contributed by atoms with Gasteiger partial charge in [-0.3, -0.25) is 9.59 Å². The minimum atomic E-state index is -0.277. The number of ether oxygens (including phenoxy) is 3. The molecule has 0 saturated heterocycles. The minimum Gasteiger partial charge on any atom is -0.493 e. The Morgan fingerprint density at radius 3 is 2.62 bits per heavy atom. The lowest BCUT2D eigenvalue weighted by molar-refractivity contribution is -0.151. The maximum Gasteiger partial charge on any atom is 0.303 e. The second-order valence-corrected chi connectivity index (χ2v) is 6.96. The molecular weight excluding hydrogens is 332 g/mol. The van der Waals surface area contributed by atoms with Gasteiger partial charge in [0.15, 0.2) is 0 Å².